The normalized spacial score (nSPS) is 12.2. The molecule has 0 saturated carbocycles. The minimum Gasteiger partial charge on any atom is -0.484 e. The summed E-state index contributed by atoms with van der Waals surface area (Å²) in [5.74, 6) is 0.225. The minimum atomic E-state index is -0.633. The number of halogens is 1. The van der Waals surface area contributed by atoms with Crippen molar-refractivity contribution in [2.75, 3.05) is 6.61 Å². The first kappa shape index (κ1) is 22.9. The minimum absolute atomic E-state index is 0.130. The maximum absolute atomic E-state index is 13.0. The van der Waals surface area contributed by atoms with Gasteiger partial charge in [-0.3, -0.25) is 9.59 Å². The average Bonchev–Trinajstić information content (AvgIpc) is 2.64. The molecule has 0 heterocycles. The smallest absolute Gasteiger partial charge is 0.261 e. The lowest BCUT2D eigenvalue weighted by Crippen LogP contribution is -2.53. The van der Waals surface area contributed by atoms with Crippen LogP contribution < -0.4 is 10.1 Å². The van der Waals surface area contributed by atoms with Gasteiger partial charge in [-0.1, -0.05) is 46.3 Å². The zero-order valence-electron chi connectivity index (χ0n) is 17.7. The van der Waals surface area contributed by atoms with Crippen molar-refractivity contribution in [2.24, 2.45) is 0 Å². The van der Waals surface area contributed by atoms with Gasteiger partial charge in [0.05, 0.1) is 0 Å². The number of carbonyl (C=O) groups is 2. The highest BCUT2D eigenvalue weighted by Gasteiger charge is 2.28. The number of benzene rings is 2. The predicted molar refractivity (Wildman–Crippen MR) is 119 cm³/mol. The molecule has 2 aromatic carbocycles. The van der Waals surface area contributed by atoms with E-state index in [2.05, 4.69) is 21.2 Å². The van der Waals surface area contributed by atoms with Crippen molar-refractivity contribution in [1.82, 2.24) is 10.2 Å². The first-order valence-corrected chi connectivity index (χ1v) is 10.4. The van der Waals surface area contributed by atoms with E-state index in [0.29, 0.717) is 12.3 Å². The summed E-state index contributed by atoms with van der Waals surface area (Å²) in [6.07, 6.45) is 0. The number of hydrogen-bond donors (Lipinski definition) is 1. The summed E-state index contributed by atoms with van der Waals surface area (Å²) in [4.78, 5) is 27.3. The van der Waals surface area contributed by atoms with Gasteiger partial charge in [0.25, 0.3) is 5.91 Å². The number of nitrogens with zero attached hydrogens (tertiary/aromatic N) is 1. The van der Waals surface area contributed by atoms with Gasteiger partial charge in [-0.25, -0.2) is 0 Å². The van der Waals surface area contributed by atoms with Gasteiger partial charge in [0.15, 0.2) is 6.61 Å². The molecular weight excluding hydrogens is 432 g/mol. The summed E-state index contributed by atoms with van der Waals surface area (Å²) in [6, 6.07) is 14.6. The number of para-hydroxylation sites is 1. The molecule has 2 aromatic rings. The fraction of sp³-hybridized carbons (Fsp3) is 0.391. The summed E-state index contributed by atoms with van der Waals surface area (Å²) in [5.41, 5.74) is 1.51. The highest BCUT2D eigenvalue weighted by Crippen LogP contribution is 2.18. The standard InChI is InChI=1S/C23H29BrN2O3/c1-16-8-6-7-9-20(16)29-15-21(27)26(14-18-10-12-19(24)13-11-18)17(2)22(28)25-23(3,4)5/h6-13,17H,14-15H2,1-5H3,(H,25,28)/t17-/m1/s1. The Morgan fingerprint density at radius 1 is 1.10 bits per heavy atom. The molecule has 29 heavy (non-hydrogen) atoms. The van der Waals surface area contributed by atoms with E-state index in [1.807, 2.05) is 76.2 Å². The quantitative estimate of drug-likeness (QED) is 0.662. The van der Waals surface area contributed by atoms with Gasteiger partial charge in [0.2, 0.25) is 5.91 Å². The molecule has 0 radical (unpaired) electrons. The van der Waals surface area contributed by atoms with Crippen LogP contribution in [0.3, 0.4) is 0 Å². The van der Waals surface area contributed by atoms with Crippen LogP contribution in [-0.2, 0) is 16.1 Å². The van der Waals surface area contributed by atoms with Crippen molar-refractivity contribution in [3.8, 4) is 5.75 Å². The van der Waals surface area contributed by atoms with Gasteiger partial charge >= 0.3 is 0 Å². The van der Waals surface area contributed by atoms with Crippen molar-refractivity contribution >= 4 is 27.7 Å². The molecule has 2 amide bonds. The third-order valence-electron chi connectivity index (χ3n) is 4.38. The maximum atomic E-state index is 13.0. The number of nitrogens with one attached hydrogen (secondary N) is 1. The van der Waals surface area contributed by atoms with E-state index in [1.165, 1.54) is 0 Å². The van der Waals surface area contributed by atoms with E-state index >= 15 is 0 Å². The summed E-state index contributed by atoms with van der Waals surface area (Å²) in [6.45, 7) is 9.61. The largest absolute Gasteiger partial charge is 0.484 e. The molecule has 0 aliphatic carbocycles. The fourth-order valence-corrected chi connectivity index (χ4v) is 3.05. The SMILES string of the molecule is Cc1ccccc1OCC(=O)N(Cc1ccc(Br)cc1)[C@H](C)C(=O)NC(C)(C)C. The van der Waals surface area contributed by atoms with Gasteiger partial charge < -0.3 is 15.0 Å². The monoisotopic (exact) mass is 460 g/mol. The summed E-state index contributed by atoms with van der Waals surface area (Å²) < 4.78 is 6.70. The third-order valence-corrected chi connectivity index (χ3v) is 4.91. The number of rotatable bonds is 7. The lowest BCUT2D eigenvalue weighted by atomic mass is 10.1. The topological polar surface area (TPSA) is 58.6 Å². The lowest BCUT2D eigenvalue weighted by molar-refractivity contribution is -0.142. The highest BCUT2D eigenvalue weighted by atomic mass is 79.9. The van der Waals surface area contributed by atoms with Crippen LogP contribution in [-0.4, -0.2) is 34.9 Å². The van der Waals surface area contributed by atoms with Crippen LogP contribution >= 0.6 is 15.9 Å². The molecule has 1 N–H and O–H groups in total. The Balaban J connectivity index is 2.18. The van der Waals surface area contributed by atoms with E-state index in [4.69, 9.17) is 4.74 Å². The van der Waals surface area contributed by atoms with Gasteiger partial charge in [0.1, 0.15) is 11.8 Å². The van der Waals surface area contributed by atoms with E-state index in [-0.39, 0.29) is 24.0 Å². The zero-order chi connectivity index (χ0) is 21.6. The molecule has 0 unspecified atom stereocenters. The molecule has 0 aliphatic rings. The zero-order valence-corrected chi connectivity index (χ0v) is 19.2. The Hall–Kier alpha value is -2.34. The summed E-state index contributed by atoms with van der Waals surface area (Å²) in [7, 11) is 0. The van der Waals surface area contributed by atoms with E-state index in [9.17, 15) is 9.59 Å². The van der Waals surface area contributed by atoms with E-state index in [0.717, 1.165) is 15.6 Å². The Bertz CT molecular complexity index is 844. The van der Waals surface area contributed by atoms with Crippen molar-refractivity contribution in [3.63, 3.8) is 0 Å². The summed E-state index contributed by atoms with van der Waals surface area (Å²) >= 11 is 3.42. The molecule has 0 aromatic heterocycles. The van der Waals surface area contributed by atoms with Crippen LogP contribution in [0.2, 0.25) is 0 Å². The van der Waals surface area contributed by atoms with Crippen molar-refractivity contribution in [1.29, 1.82) is 0 Å². The second kappa shape index (κ2) is 9.92. The molecule has 0 fully saturated rings. The first-order chi connectivity index (χ1) is 13.6. The molecule has 0 saturated heterocycles. The van der Waals surface area contributed by atoms with E-state index < -0.39 is 6.04 Å². The Labute approximate surface area is 181 Å². The van der Waals surface area contributed by atoms with Gasteiger partial charge in [-0.15, -0.1) is 0 Å². The average molecular weight is 461 g/mol. The Morgan fingerprint density at radius 2 is 1.72 bits per heavy atom. The summed E-state index contributed by atoms with van der Waals surface area (Å²) in [5, 5.41) is 2.95. The molecule has 156 valence electrons. The Morgan fingerprint density at radius 3 is 2.31 bits per heavy atom. The molecule has 0 spiro atoms. The van der Waals surface area contributed by atoms with Crippen LogP contribution in [0.4, 0.5) is 0 Å². The molecule has 1 atom stereocenters. The molecule has 5 nitrogen and oxygen atoms in total. The van der Waals surface area contributed by atoms with Crippen LogP contribution in [0.1, 0.15) is 38.8 Å². The van der Waals surface area contributed by atoms with Crippen LogP contribution in [0.5, 0.6) is 5.75 Å². The number of aryl methyl sites for hydroxylation is 1. The number of carbonyl (C=O) groups excluding carboxylic acids is 2. The Kier molecular flexibility index (Phi) is 7.85. The van der Waals surface area contributed by atoms with Gasteiger partial charge in [-0.05, 0) is 63.9 Å². The second-order valence-corrected chi connectivity index (χ2v) is 9.03. The number of hydrogen-bond acceptors (Lipinski definition) is 3. The van der Waals surface area contributed by atoms with Gasteiger partial charge in [-0.2, -0.15) is 0 Å². The maximum Gasteiger partial charge on any atom is 0.261 e. The van der Waals surface area contributed by atoms with Crippen LogP contribution in [0.25, 0.3) is 0 Å². The predicted octanol–water partition coefficient (Wildman–Crippen LogP) is 4.47. The number of ether oxygens (including phenoxy) is 1. The molecule has 0 aliphatic heterocycles. The van der Waals surface area contributed by atoms with Crippen molar-refractivity contribution in [3.05, 3.63) is 64.1 Å². The molecular formula is C23H29BrN2O3. The van der Waals surface area contributed by atoms with E-state index in [1.54, 1.807) is 11.8 Å². The number of amides is 2. The van der Waals surface area contributed by atoms with Crippen molar-refractivity contribution < 1.29 is 14.3 Å². The molecule has 6 heteroatoms. The molecule has 2 rings (SSSR count). The van der Waals surface area contributed by atoms with Crippen LogP contribution in [0, 0.1) is 6.92 Å². The highest BCUT2D eigenvalue weighted by molar-refractivity contribution is 9.10. The lowest BCUT2D eigenvalue weighted by Gasteiger charge is -2.31. The van der Waals surface area contributed by atoms with Crippen molar-refractivity contribution in [2.45, 2.75) is 52.7 Å². The fourth-order valence-electron chi connectivity index (χ4n) is 2.78. The van der Waals surface area contributed by atoms with Gasteiger partial charge in [0, 0.05) is 16.6 Å². The molecule has 0 bridgehead atoms. The first-order valence-electron chi connectivity index (χ1n) is 9.61. The van der Waals surface area contributed by atoms with Crippen LogP contribution in [0.15, 0.2) is 53.0 Å². The second-order valence-electron chi connectivity index (χ2n) is 8.12. The third kappa shape index (κ3) is 7.20.